The number of amides is 1. The minimum absolute atomic E-state index is 0.104. The summed E-state index contributed by atoms with van der Waals surface area (Å²) in [5.41, 5.74) is 4.82. The van der Waals surface area contributed by atoms with E-state index in [0.717, 1.165) is 12.0 Å². The number of rotatable bonds is 5. The molecule has 0 saturated heterocycles. The van der Waals surface area contributed by atoms with Gasteiger partial charge in [0.1, 0.15) is 0 Å². The van der Waals surface area contributed by atoms with Gasteiger partial charge in [0, 0.05) is 13.0 Å². The molecule has 0 fully saturated rings. The fourth-order valence-corrected chi connectivity index (χ4v) is 2.12. The predicted octanol–water partition coefficient (Wildman–Crippen LogP) is 3.55. The summed E-state index contributed by atoms with van der Waals surface area (Å²) >= 11 is 0. The Labute approximate surface area is 120 Å². The number of carbonyl (C=O) groups is 1. The Hall–Kier alpha value is -2.09. The molecule has 0 aliphatic carbocycles. The molecule has 0 aliphatic heterocycles. The molecule has 0 atom stereocenters. The number of hydrogen-bond acceptors (Lipinski definition) is 1. The van der Waals surface area contributed by atoms with Gasteiger partial charge >= 0.3 is 0 Å². The molecule has 0 aromatic heterocycles. The summed E-state index contributed by atoms with van der Waals surface area (Å²) in [5.74, 6) is 0.104. The lowest BCUT2D eigenvalue weighted by Gasteiger charge is -2.06. The molecule has 20 heavy (non-hydrogen) atoms. The molecule has 0 aliphatic rings. The molecular weight excluding hydrogens is 246 g/mol. The van der Waals surface area contributed by atoms with Crippen LogP contribution < -0.4 is 5.32 Å². The molecule has 0 unspecified atom stereocenters. The second-order valence-electron chi connectivity index (χ2n) is 5.25. The predicted molar refractivity (Wildman–Crippen MR) is 82.5 cm³/mol. The monoisotopic (exact) mass is 267 g/mol. The van der Waals surface area contributed by atoms with E-state index in [9.17, 15) is 4.79 Å². The Morgan fingerprint density at radius 3 is 2.40 bits per heavy atom. The van der Waals surface area contributed by atoms with Crippen molar-refractivity contribution in [1.29, 1.82) is 0 Å². The Morgan fingerprint density at radius 1 is 0.950 bits per heavy atom. The second-order valence-corrected chi connectivity index (χ2v) is 5.25. The zero-order valence-corrected chi connectivity index (χ0v) is 12.1. The highest BCUT2D eigenvalue weighted by Crippen LogP contribution is 2.06. The largest absolute Gasteiger partial charge is 0.352 e. The van der Waals surface area contributed by atoms with Crippen LogP contribution in [0.25, 0.3) is 0 Å². The van der Waals surface area contributed by atoms with Crippen LogP contribution in [0.2, 0.25) is 0 Å². The Bertz CT molecular complexity index is 572. The van der Waals surface area contributed by atoms with Crippen molar-refractivity contribution in [2.24, 2.45) is 0 Å². The Balaban J connectivity index is 1.77. The van der Waals surface area contributed by atoms with Crippen LogP contribution in [0.1, 0.15) is 28.7 Å². The summed E-state index contributed by atoms with van der Waals surface area (Å²) in [7, 11) is 0. The van der Waals surface area contributed by atoms with E-state index >= 15 is 0 Å². The summed E-state index contributed by atoms with van der Waals surface area (Å²) in [6, 6.07) is 16.5. The van der Waals surface area contributed by atoms with Crippen molar-refractivity contribution in [2.75, 3.05) is 0 Å². The van der Waals surface area contributed by atoms with Gasteiger partial charge in [-0.3, -0.25) is 4.79 Å². The van der Waals surface area contributed by atoms with E-state index in [1.807, 2.05) is 12.1 Å². The molecule has 0 saturated carbocycles. The second kappa shape index (κ2) is 6.90. The number of benzene rings is 2. The van der Waals surface area contributed by atoms with E-state index in [-0.39, 0.29) is 5.91 Å². The summed E-state index contributed by atoms with van der Waals surface area (Å²) < 4.78 is 0. The first kappa shape index (κ1) is 14.3. The number of hydrogen-bond donors (Lipinski definition) is 1. The van der Waals surface area contributed by atoms with Crippen LogP contribution in [0.5, 0.6) is 0 Å². The molecule has 1 amide bonds. The molecule has 0 bridgehead atoms. The van der Waals surface area contributed by atoms with Gasteiger partial charge in [-0.1, -0.05) is 59.7 Å². The molecule has 1 N–H and O–H groups in total. The number of carbonyl (C=O) groups excluding carboxylic acids is 1. The van der Waals surface area contributed by atoms with Crippen molar-refractivity contribution in [3.05, 3.63) is 70.8 Å². The molecule has 2 aromatic rings. The Morgan fingerprint density at radius 2 is 1.70 bits per heavy atom. The zero-order chi connectivity index (χ0) is 14.4. The lowest BCUT2D eigenvalue weighted by molar-refractivity contribution is -0.121. The van der Waals surface area contributed by atoms with E-state index in [1.54, 1.807) is 0 Å². The normalized spacial score (nSPS) is 10.3. The highest BCUT2D eigenvalue weighted by atomic mass is 16.1. The van der Waals surface area contributed by atoms with E-state index in [4.69, 9.17) is 0 Å². The SMILES string of the molecule is Cc1ccc(CCC(=O)NCc2cccc(C)c2)cc1. The summed E-state index contributed by atoms with van der Waals surface area (Å²) in [4.78, 5) is 11.8. The van der Waals surface area contributed by atoms with E-state index in [0.29, 0.717) is 13.0 Å². The lowest BCUT2D eigenvalue weighted by atomic mass is 10.1. The molecule has 2 aromatic carbocycles. The van der Waals surface area contributed by atoms with Crippen molar-refractivity contribution in [1.82, 2.24) is 5.32 Å². The first-order chi connectivity index (χ1) is 9.63. The average Bonchev–Trinajstić information content (AvgIpc) is 2.45. The van der Waals surface area contributed by atoms with E-state index in [1.165, 1.54) is 16.7 Å². The molecule has 104 valence electrons. The first-order valence-corrected chi connectivity index (χ1v) is 7.01. The fraction of sp³-hybridized carbons (Fsp3) is 0.278. The van der Waals surface area contributed by atoms with Crippen molar-refractivity contribution in [3.8, 4) is 0 Å². The Kier molecular flexibility index (Phi) is 4.94. The highest BCUT2D eigenvalue weighted by molar-refractivity contribution is 5.76. The van der Waals surface area contributed by atoms with Gasteiger partial charge < -0.3 is 5.32 Å². The van der Waals surface area contributed by atoms with Crippen LogP contribution in [-0.4, -0.2) is 5.91 Å². The third-order valence-corrected chi connectivity index (χ3v) is 3.33. The number of aryl methyl sites for hydroxylation is 3. The maximum Gasteiger partial charge on any atom is 0.220 e. The lowest BCUT2D eigenvalue weighted by Crippen LogP contribution is -2.23. The maximum atomic E-state index is 11.8. The molecule has 2 rings (SSSR count). The summed E-state index contributed by atoms with van der Waals surface area (Å²) in [6.07, 6.45) is 1.33. The van der Waals surface area contributed by atoms with E-state index < -0.39 is 0 Å². The van der Waals surface area contributed by atoms with E-state index in [2.05, 4.69) is 55.6 Å². The molecule has 2 heteroatoms. The van der Waals surface area contributed by atoms with Crippen molar-refractivity contribution in [2.45, 2.75) is 33.2 Å². The van der Waals surface area contributed by atoms with Crippen LogP contribution in [0.3, 0.4) is 0 Å². The quantitative estimate of drug-likeness (QED) is 0.882. The van der Waals surface area contributed by atoms with Gasteiger partial charge in [-0.25, -0.2) is 0 Å². The maximum absolute atomic E-state index is 11.8. The van der Waals surface area contributed by atoms with Crippen LogP contribution in [-0.2, 0) is 17.8 Å². The number of nitrogens with one attached hydrogen (secondary N) is 1. The van der Waals surface area contributed by atoms with Crippen LogP contribution in [0.15, 0.2) is 48.5 Å². The highest BCUT2D eigenvalue weighted by Gasteiger charge is 2.02. The van der Waals surface area contributed by atoms with Crippen LogP contribution in [0.4, 0.5) is 0 Å². The topological polar surface area (TPSA) is 29.1 Å². The smallest absolute Gasteiger partial charge is 0.220 e. The van der Waals surface area contributed by atoms with Gasteiger partial charge in [0.25, 0.3) is 0 Å². The van der Waals surface area contributed by atoms with Gasteiger partial charge in [0.05, 0.1) is 0 Å². The molecule has 0 heterocycles. The van der Waals surface area contributed by atoms with Gasteiger partial charge in [-0.05, 0) is 31.4 Å². The van der Waals surface area contributed by atoms with Crippen molar-refractivity contribution >= 4 is 5.91 Å². The van der Waals surface area contributed by atoms with Crippen molar-refractivity contribution in [3.63, 3.8) is 0 Å². The van der Waals surface area contributed by atoms with Gasteiger partial charge in [-0.15, -0.1) is 0 Å². The van der Waals surface area contributed by atoms with Crippen LogP contribution in [0, 0.1) is 13.8 Å². The molecule has 0 spiro atoms. The molecular formula is C18H21NO. The zero-order valence-electron chi connectivity index (χ0n) is 12.1. The first-order valence-electron chi connectivity index (χ1n) is 7.01. The third-order valence-electron chi connectivity index (χ3n) is 3.33. The average molecular weight is 267 g/mol. The summed E-state index contributed by atoms with van der Waals surface area (Å²) in [5, 5.41) is 2.97. The third kappa shape index (κ3) is 4.54. The fourth-order valence-electron chi connectivity index (χ4n) is 2.12. The summed E-state index contributed by atoms with van der Waals surface area (Å²) in [6.45, 7) is 4.73. The minimum atomic E-state index is 0.104. The van der Waals surface area contributed by atoms with Gasteiger partial charge in [0.2, 0.25) is 5.91 Å². The minimum Gasteiger partial charge on any atom is -0.352 e. The van der Waals surface area contributed by atoms with Crippen LogP contribution >= 0.6 is 0 Å². The van der Waals surface area contributed by atoms with Gasteiger partial charge in [0.15, 0.2) is 0 Å². The molecule has 2 nitrogen and oxygen atoms in total. The molecule has 0 radical (unpaired) electrons. The standard InChI is InChI=1S/C18H21NO/c1-14-6-8-16(9-7-14)10-11-18(20)19-13-17-5-3-4-15(2)12-17/h3-9,12H,10-11,13H2,1-2H3,(H,19,20). The van der Waals surface area contributed by atoms with Gasteiger partial charge in [-0.2, -0.15) is 0 Å². The van der Waals surface area contributed by atoms with Crippen molar-refractivity contribution < 1.29 is 4.79 Å².